The van der Waals surface area contributed by atoms with Gasteiger partial charge in [0, 0.05) is 25.7 Å². The predicted molar refractivity (Wildman–Crippen MR) is 57.9 cm³/mol. The molecule has 3 heteroatoms. The van der Waals surface area contributed by atoms with Gasteiger partial charge in [0.05, 0.1) is 12.2 Å². The highest BCUT2D eigenvalue weighted by Crippen LogP contribution is 2.37. The van der Waals surface area contributed by atoms with Crippen molar-refractivity contribution in [3.63, 3.8) is 0 Å². The van der Waals surface area contributed by atoms with Crippen molar-refractivity contribution in [3.05, 3.63) is 23.3 Å². The number of ether oxygens (including phenoxy) is 1. The second kappa shape index (κ2) is 2.99. The summed E-state index contributed by atoms with van der Waals surface area (Å²) < 4.78 is 5.52. The van der Waals surface area contributed by atoms with E-state index in [1.165, 1.54) is 11.3 Å². The number of ketones is 1. The maximum absolute atomic E-state index is 11.9. The van der Waals surface area contributed by atoms with Crippen LogP contribution in [0.4, 0.5) is 5.69 Å². The molecule has 0 unspecified atom stereocenters. The van der Waals surface area contributed by atoms with Gasteiger partial charge in [-0.3, -0.25) is 4.79 Å². The van der Waals surface area contributed by atoms with E-state index < -0.39 is 0 Å². The molecule has 3 rings (SSSR count). The SMILES string of the molecule is CN1CCc2c1ccc1c2C(=O)CCO1. The summed E-state index contributed by atoms with van der Waals surface area (Å²) in [7, 11) is 2.06. The van der Waals surface area contributed by atoms with Crippen molar-refractivity contribution < 1.29 is 9.53 Å². The van der Waals surface area contributed by atoms with Gasteiger partial charge in [0.15, 0.2) is 5.78 Å². The van der Waals surface area contributed by atoms with Crippen LogP contribution in [0.3, 0.4) is 0 Å². The van der Waals surface area contributed by atoms with Gasteiger partial charge in [0.1, 0.15) is 5.75 Å². The molecule has 78 valence electrons. The van der Waals surface area contributed by atoms with E-state index in [0.29, 0.717) is 13.0 Å². The Hall–Kier alpha value is -1.51. The summed E-state index contributed by atoms with van der Waals surface area (Å²) >= 11 is 0. The summed E-state index contributed by atoms with van der Waals surface area (Å²) in [5, 5.41) is 0. The van der Waals surface area contributed by atoms with E-state index in [2.05, 4.69) is 18.0 Å². The maximum Gasteiger partial charge on any atom is 0.170 e. The number of rotatable bonds is 0. The quantitative estimate of drug-likeness (QED) is 0.642. The van der Waals surface area contributed by atoms with E-state index in [1.807, 2.05) is 6.07 Å². The van der Waals surface area contributed by atoms with Crippen molar-refractivity contribution in [2.45, 2.75) is 12.8 Å². The largest absolute Gasteiger partial charge is 0.492 e. The van der Waals surface area contributed by atoms with Crippen LogP contribution in [0.25, 0.3) is 0 Å². The number of hydrogen-bond donors (Lipinski definition) is 0. The Labute approximate surface area is 88.6 Å². The minimum atomic E-state index is 0.239. The molecule has 0 aliphatic carbocycles. The minimum absolute atomic E-state index is 0.239. The van der Waals surface area contributed by atoms with Crippen molar-refractivity contribution in [3.8, 4) is 5.75 Å². The van der Waals surface area contributed by atoms with Gasteiger partial charge in [-0.05, 0) is 24.1 Å². The first-order valence-electron chi connectivity index (χ1n) is 5.30. The van der Waals surface area contributed by atoms with E-state index in [1.54, 1.807) is 0 Å². The molecule has 2 aliphatic rings. The maximum atomic E-state index is 11.9. The molecule has 0 atom stereocenters. The first-order chi connectivity index (χ1) is 7.27. The van der Waals surface area contributed by atoms with Crippen LogP contribution in [-0.4, -0.2) is 26.0 Å². The van der Waals surface area contributed by atoms with Crippen LogP contribution in [0.2, 0.25) is 0 Å². The summed E-state index contributed by atoms with van der Waals surface area (Å²) in [6.45, 7) is 1.53. The minimum Gasteiger partial charge on any atom is -0.492 e. The van der Waals surface area contributed by atoms with Crippen molar-refractivity contribution in [1.29, 1.82) is 0 Å². The number of fused-ring (bicyclic) bond motifs is 3. The Balaban J connectivity index is 2.22. The van der Waals surface area contributed by atoms with E-state index in [4.69, 9.17) is 4.74 Å². The molecule has 0 aromatic heterocycles. The number of carbonyl (C=O) groups excluding carboxylic acids is 1. The topological polar surface area (TPSA) is 29.5 Å². The van der Waals surface area contributed by atoms with Crippen LogP contribution < -0.4 is 9.64 Å². The molecule has 0 fully saturated rings. The van der Waals surface area contributed by atoms with Gasteiger partial charge in [0.25, 0.3) is 0 Å². The predicted octanol–water partition coefficient (Wildman–Crippen LogP) is 1.64. The molecule has 1 aromatic carbocycles. The monoisotopic (exact) mass is 203 g/mol. The molecule has 3 nitrogen and oxygen atoms in total. The zero-order valence-corrected chi connectivity index (χ0v) is 8.75. The third-order valence-corrected chi connectivity index (χ3v) is 3.22. The molecule has 15 heavy (non-hydrogen) atoms. The number of likely N-dealkylation sites (N-methyl/N-ethyl adjacent to an activating group) is 1. The first-order valence-corrected chi connectivity index (χ1v) is 5.30. The van der Waals surface area contributed by atoms with Gasteiger partial charge in [-0.1, -0.05) is 0 Å². The highest BCUT2D eigenvalue weighted by atomic mass is 16.5. The number of nitrogens with zero attached hydrogens (tertiary/aromatic N) is 1. The smallest absolute Gasteiger partial charge is 0.170 e. The van der Waals surface area contributed by atoms with Gasteiger partial charge in [-0.15, -0.1) is 0 Å². The van der Waals surface area contributed by atoms with Gasteiger partial charge in [0.2, 0.25) is 0 Å². The van der Waals surface area contributed by atoms with E-state index in [0.717, 1.165) is 24.3 Å². The highest BCUT2D eigenvalue weighted by Gasteiger charge is 2.28. The summed E-state index contributed by atoms with van der Waals surface area (Å²) in [6, 6.07) is 3.98. The molecule has 2 heterocycles. The number of carbonyl (C=O) groups is 1. The second-order valence-electron chi connectivity index (χ2n) is 4.13. The average Bonchev–Trinajstić information content (AvgIpc) is 2.61. The van der Waals surface area contributed by atoms with Gasteiger partial charge < -0.3 is 9.64 Å². The molecule has 0 radical (unpaired) electrons. The zero-order valence-electron chi connectivity index (χ0n) is 8.75. The molecule has 0 bridgehead atoms. The van der Waals surface area contributed by atoms with Crippen molar-refractivity contribution >= 4 is 11.5 Å². The van der Waals surface area contributed by atoms with Crippen molar-refractivity contribution in [2.75, 3.05) is 25.1 Å². The van der Waals surface area contributed by atoms with Crippen LogP contribution in [0.15, 0.2) is 12.1 Å². The Morgan fingerprint density at radius 3 is 3.07 bits per heavy atom. The van der Waals surface area contributed by atoms with Crippen LogP contribution in [0.5, 0.6) is 5.75 Å². The van der Waals surface area contributed by atoms with Crippen LogP contribution in [-0.2, 0) is 6.42 Å². The number of anilines is 1. The number of hydrogen-bond acceptors (Lipinski definition) is 3. The van der Waals surface area contributed by atoms with Gasteiger partial charge in [-0.25, -0.2) is 0 Å². The molecule has 0 spiro atoms. The fourth-order valence-electron chi connectivity index (χ4n) is 2.43. The van der Waals surface area contributed by atoms with Gasteiger partial charge in [-0.2, -0.15) is 0 Å². The van der Waals surface area contributed by atoms with Crippen LogP contribution in [0, 0.1) is 0 Å². The molecule has 0 saturated heterocycles. The normalized spacial score (nSPS) is 18.5. The third-order valence-electron chi connectivity index (χ3n) is 3.22. The summed E-state index contributed by atoms with van der Waals surface area (Å²) in [5.74, 6) is 1.02. The Bertz CT molecular complexity index is 439. The third kappa shape index (κ3) is 1.16. The van der Waals surface area contributed by atoms with Crippen molar-refractivity contribution in [1.82, 2.24) is 0 Å². The van der Waals surface area contributed by atoms with E-state index in [9.17, 15) is 4.79 Å². The number of Topliss-reactive ketones (excluding diaryl/α,β-unsaturated/α-hetero) is 1. The molecule has 2 aliphatic heterocycles. The lowest BCUT2D eigenvalue weighted by atomic mass is 9.97. The standard InChI is InChI=1S/C12H13NO2/c1-13-6-4-8-9(13)2-3-11-12(8)10(14)5-7-15-11/h2-3H,4-7H2,1H3. The molecule has 0 saturated carbocycles. The Morgan fingerprint density at radius 1 is 1.33 bits per heavy atom. The average molecular weight is 203 g/mol. The summed E-state index contributed by atoms with van der Waals surface area (Å²) in [4.78, 5) is 14.0. The lowest BCUT2D eigenvalue weighted by Crippen LogP contribution is -2.17. The fraction of sp³-hybridized carbons (Fsp3) is 0.417. The summed E-state index contributed by atoms with van der Waals surface area (Å²) in [5.41, 5.74) is 3.20. The molecule has 0 N–H and O–H groups in total. The molecular formula is C12H13NO2. The first kappa shape index (κ1) is 8.77. The lowest BCUT2D eigenvalue weighted by Gasteiger charge is -2.20. The Morgan fingerprint density at radius 2 is 2.20 bits per heavy atom. The number of benzene rings is 1. The van der Waals surface area contributed by atoms with E-state index in [-0.39, 0.29) is 5.78 Å². The van der Waals surface area contributed by atoms with Crippen LogP contribution in [0.1, 0.15) is 22.3 Å². The molecular weight excluding hydrogens is 190 g/mol. The molecule has 0 amide bonds. The lowest BCUT2D eigenvalue weighted by molar-refractivity contribution is 0.0932. The van der Waals surface area contributed by atoms with Gasteiger partial charge >= 0.3 is 0 Å². The van der Waals surface area contributed by atoms with Crippen LogP contribution >= 0.6 is 0 Å². The molecule has 1 aromatic rings. The zero-order chi connectivity index (χ0) is 10.4. The highest BCUT2D eigenvalue weighted by molar-refractivity contribution is 6.02. The van der Waals surface area contributed by atoms with Crippen molar-refractivity contribution in [2.24, 2.45) is 0 Å². The second-order valence-corrected chi connectivity index (χ2v) is 4.13. The Kier molecular flexibility index (Phi) is 1.75. The van der Waals surface area contributed by atoms with E-state index >= 15 is 0 Å². The fourth-order valence-corrected chi connectivity index (χ4v) is 2.43. The summed E-state index contributed by atoms with van der Waals surface area (Å²) in [6.07, 6.45) is 1.48.